The molecule has 2 aromatic rings. The largest absolute Gasteiger partial charge is 0.494 e. The van der Waals surface area contributed by atoms with E-state index in [4.69, 9.17) is 9.47 Å². The molecule has 35 heavy (non-hydrogen) atoms. The number of halogens is 2. The molecular formula is C26H32F2N4O3. The molecule has 1 saturated carbocycles. The van der Waals surface area contributed by atoms with Gasteiger partial charge in [-0.2, -0.15) is 0 Å². The number of anilines is 1. The molecule has 1 aliphatic carbocycles. The minimum atomic E-state index is -0.717. The molecule has 3 fully saturated rings. The normalized spacial score (nSPS) is 22.0. The summed E-state index contributed by atoms with van der Waals surface area (Å²) in [7, 11) is 1.60. The average Bonchev–Trinajstić information content (AvgIpc) is 3.60. The lowest BCUT2D eigenvalue weighted by Gasteiger charge is -2.32. The number of carbonyl (C=O) groups is 1. The zero-order valence-corrected chi connectivity index (χ0v) is 20.1. The Morgan fingerprint density at radius 2 is 1.74 bits per heavy atom. The zero-order valence-electron chi connectivity index (χ0n) is 20.1. The lowest BCUT2D eigenvalue weighted by Crippen LogP contribution is -2.43. The summed E-state index contributed by atoms with van der Waals surface area (Å²) in [6, 6.07) is 2.40. The number of rotatable bonds is 9. The second-order valence-corrected chi connectivity index (χ2v) is 9.82. The van der Waals surface area contributed by atoms with E-state index in [1.807, 2.05) is 0 Å². The summed E-state index contributed by atoms with van der Waals surface area (Å²) in [5.74, 6) is 1.91. The molecule has 0 bridgehead atoms. The fourth-order valence-electron chi connectivity index (χ4n) is 5.27. The van der Waals surface area contributed by atoms with Crippen molar-refractivity contribution in [1.82, 2.24) is 14.9 Å². The van der Waals surface area contributed by atoms with Crippen LogP contribution in [0.4, 0.5) is 14.7 Å². The number of amides is 1. The molecule has 1 aromatic heterocycles. The van der Waals surface area contributed by atoms with Gasteiger partial charge in [0.1, 0.15) is 17.4 Å². The van der Waals surface area contributed by atoms with Crippen LogP contribution in [0.25, 0.3) is 0 Å². The van der Waals surface area contributed by atoms with Crippen LogP contribution in [-0.2, 0) is 11.2 Å². The topological polar surface area (TPSA) is 67.8 Å². The van der Waals surface area contributed by atoms with Crippen molar-refractivity contribution >= 4 is 11.9 Å². The van der Waals surface area contributed by atoms with Gasteiger partial charge in [0.25, 0.3) is 0 Å². The zero-order chi connectivity index (χ0) is 24.4. The van der Waals surface area contributed by atoms with Crippen molar-refractivity contribution in [3.05, 3.63) is 41.7 Å². The van der Waals surface area contributed by atoms with Crippen LogP contribution in [-0.4, -0.2) is 60.7 Å². The number of carbonyl (C=O) groups excluding carboxylic acids is 1. The van der Waals surface area contributed by atoms with Crippen LogP contribution in [0.2, 0.25) is 0 Å². The molecule has 9 heteroatoms. The number of likely N-dealkylation sites (tertiary alicyclic amines) is 1. The second kappa shape index (κ2) is 10.3. The minimum absolute atomic E-state index is 0.178. The first-order chi connectivity index (χ1) is 17.0. The molecule has 0 spiro atoms. The van der Waals surface area contributed by atoms with Gasteiger partial charge in [0.2, 0.25) is 11.9 Å². The molecule has 2 saturated heterocycles. The van der Waals surface area contributed by atoms with Gasteiger partial charge in [0.15, 0.2) is 5.75 Å². The fraction of sp³-hybridized carbons (Fsp3) is 0.577. The Hall–Kier alpha value is -2.97. The molecule has 2 aliphatic heterocycles. The van der Waals surface area contributed by atoms with Crippen LogP contribution in [0.15, 0.2) is 24.5 Å². The Morgan fingerprint density at radius 3 is 2.34 bits per heavy atom. The quantitative estimate of drug-likeness (QED) is 0.536. The monoisotopic (exact) mass is 486 g/mol. The highest BCUT2D eigenvalue weighted by atomic mass is 19.1. The Labute approximate surface area is 204 Å². The highest BCUT2D eigenvalue weighted by Crippen LogP contribution is 2.49. The van der Waals surface area contributed by atoms with Gasteiger partial charge < -0.3 is 19.3 Å². The minimum Gasteiger partial charge on any atom is -0.494 e. The van der Waals surface area contributed by atoms with Crippen LogP contribution in [0.5, 0.6) is 11.5 Å². The first-order valence-corrected chi connectivity index (χ1v) is 12.5. The van der Waals surface area contributed by atoms with Gasteiger partial charge in [0.05, 0.1) is 32.5 Å². The van der Waals surface area contributed by atoms with Crippen molar-refractivity contribution in [2.45, 2.75) is 38.5 Å². The Balaban J connectivity index is 1.04. The molecule has 0 N–H and O–H groups in total. The molecule has 2 unspecified atom stereocenters. The van der Waals surface area contributed by atoms with E-state index in [1.165, 1.54) is 18.6 Å². The van der Waals surface area contributed by atoms with Crippen molar-refractivity contribution in [2.24, 2.45) is 17.8 Å². The van der Waals surface area contributed by atoms with E-state index in [-0.39, 0.29) is 23.6 Å². The highest BCUT2D eigenvalue weighted by Gasteiger charge is 2.43. The van der Waals surface area contributed by atoms with E-state index in [0.29, 0.717) is 43.2 Å². The van der Waals surface area contributed by atoms with E-state index < -0.39 is 11.6 Å². The maximum absolute atomic E-state index is 14.4. The number of hydrogen-bond donors (Lipinski definition) is 0. The van der Waals surface area contributed by atoms with Crippen LogP contribution in [0.3, 0.4) is 0 Å². The molecule has 188 valence electrons. The number of ether oxygens (including phenoxy) is 2. The first kappa shape index (κ1) is 23.8. The van der Waals surface area contributed by atoms with Crippen molar-refractivity contribution in [3.63, 3.8) is 0 Å². The fourth-order valence-corrected chi connectivity index (χ4v) is 5.27. The smallest absolute Gasteiger partial charge is 0.227 e. The van der Waals surface area contributed by atoms with Crippen molar-refractivity contribution < 1.29 is 23.0 Å². The van der Waals surface area contributed by atoms with Gasteiger partial charge in [0, 0.05) is 43.9 Å². The summed E-state index contributed by atoms with van der Waals surface area (Å²) in [5.41, 5.74) is -0.178. The molecule has 2 atom stereocenters. The molecule has 5 rings (SSSR count). The van der Waals surface area contributed by atoms with Gasteiger partial charge in [-0.15, -0.1) is 0 Å². The number of nitrogens with zero attached hydrogens (tertiary/aromatic N) is 4. The highest BCUT2D eigenvalue weighted by molar-refractivity contribution is 5.79. The first-order valence-electron chi connectivity index (χ1n) is 12.5. The standard InChI is InChI=1S/C26H32F2N4O3/c1-34-20-15-29-26(30-16-20)32-8-3-17(4-9-32)21-11-18(21)5-10-35-19-12-23(27)22(24(28)13-19)14-25(33)31-6-2-7-31/h12-13,15-18,21H,2-11,14H2,1H3. The summed E-state index contributed by atoms with van der Waals surface area (Å²) in [4.78, 5) is 24.7. The Morgan fingerprint density at radius 1 is 1.06 bits per heavy atom. The predicted molar refractivity (Wildman–Crippen MR) is 126 cm³/mol. The summed E-state index contributed by atoms with van der Waals surface area (Å²) in [6.07, 6.45) is 8.40. The van der Waals surface area contributed by atoms with Gasteiger partial charge in [-0.3, -0.25) is 4.79 Å². The summed E-state index contributed by atoms with van der Waals surface area (Å²) >= 11 is 0. The van der Waals surface area contributed by atoms with E-state index in [1.54, 1.807) is 24.4 Å². The predicted octanol–water partition coefficient (Wildman–Crippen LogP) is 3.86. The van der Waals surface area contributed by atoms with E-state index in [9.17, 15) is 13.6 Å². The van der Waals surface area contributed by atoms with Crippen LogP contribution >= 0.6 is 0 Å². The molecule has 3 aliphatic rings. The Kier molecular flexibility index (Phi) is 7.02. The SMILES string of the molecule is COc1cnc(N2CCC(C3CC3CCOc3cc(F)c(CC(=O)N4CCC4)c(F)c3)CC2)nc1. The molecular weight excluding hydrogens is 454 g/mol. The molecule has 7 nitrogen and oxygen atoms in total. The summed E-state index contributed by atoms with van der Waals surface area (Å²) in [5, 5.41) is 0. The van der Waals surface area contributed by atoms with E-state index in [2.05, 4.69) is 14.9 Å². The number of aromatic nitrogens is 2. The number of hydrogen-bond acceptors (Lipinski definition) is 6. The number of benzene rings is 1. The molecule has 0 radical (unpaired) electrons. The van der Waals surface area contributed by atoms with E-state index in [0.717, 1.165) is 44.7 Å². The van der Waals surface area contributed by atoms with Crippen molar-refractivity contribution in [1.29, 1.82) is 0 Å². The number of piperidine rings is 1. The molecule has 3 heterocycles. The lowest BCUT2D eigenvalue weighted by atomic mass is 9.90. The van der Waals surface area contributed by atoms with Gasteiger partial charge in [-0.25, -0.2) is 18.7 Å². The maximum atomic E-state index is 14.4. The van der Waals surface area contributed by atoms with Crippen LogP contribution in [0, 0.1) is 29.4 Å². The van der Waals surface area contributed by atoms with E-state index >= 15 is 0 Å². The lowest BCUT2D eigenvalue weighted by molar-refractivity contribution is -0.133. The van der Waals surface area contributed by atoms with Gasteiger partial charge in [-0.1, -0.05) is 0 Å². The third-order valence-electron chi connectivity index (χ3n) is 7.66. The molecule has 1 aromatic carbocycles. The van der Waals surface area contributed by atoms with Gasteiger partial charge in [-0.05, 0) is 49.9 Å². The second-order valence-electron chi connectivity index (χ2n) is 9.82. The third-order valence-corrected chi connectivity index (χ3v) is 7.66. The van der Waals surface area contributed by atoms with Gasteiger partial charge >= 0.3 is 0 Å². The maximum Gasteiger partial charge on any atom is 0.227 e. The van der Waals surface area contributed by atoms with Crippen LogP contribution < -0.4 is 14.4 Å². The van der Waals surface area contributed by atoms with Crippen molar-refractivity contribution in [3.8, 4) is 11.5 Å². The summed E-state index contributed by atoms with van der Waals surface area (Å²) in [6.45, 7) is 3.66. The molecule has 1 amide bonds. The number of methoxy groups -OCH3 is 1. The Bertz CT molecular complexity index is 1020. The average molecular weight is 487 g/mol. The van der Waals surface area contributed by atoms with Crippen molar-refractivity contribution in [2.75, 3.05) is 44.8 Å². The van der Waals surface area contributed by atoms with Crippen LogP contribution in [0.1, 0.15) is 37.7 Å². The third kappa shape index (κ3) is 5.49. The summed E-state index contributed by atoms with van der Waals surface area (Å²) < 4.78 is 39.7.